The van der Waals surface area contributed by atoms with Gasteiger partial charge in [-0.2, -0.15) is 0 Å². The van der Waals surface area contributed by atoms with Gasteiger partial charge in [-0.25, -0.2) is 14.2 Å². The first-order valence-electron chi connectivity index (χ1n) is 14.6. The van der Waals surface area contributed by atoms with Gasteiger partial charge < -0.3 is 19.2 Å². The number of benzene rings is 1. The molecule has 226 valence electrons. The Labute approximate surface area is 246 Å². The molecule has 42 heavy (non-hydrogen) atoms. The van der Waals surface area contributed by atoms with Crippen LogP contribution in [0.5, 0.6) is 5.75 Å². The summed E-state index contributed by atoms with van der Waals surface area (Å²) in [7, 11) is 1.49. The summed E-state index contributed by atoms with van der Waals surface area (Å²) in [5, 5.41) is 6.86. The van der Waals surface area contributed by atoms with Crippen LogP contribution in [0.4, 0.5) is 15.0 Å². The number of halogens is 1. The molecular formula is C31H40FN5O5. The molecule has 2 amide bonds. The van der Waals surface area contributed by atoms with E-state index in [2.05, 4.69) is 20.4 Å². The quantitative estimate of drug-likeness (QED) is 0.497. The van der Waals surface area contributed by atoms with Crippen LogP contribution in [0.25, 0.3) is 0 Å². The average Bonchev–Trinajstić information content (AvgIpc) is 2.93. The van der Waals surface area contributed by atoms with Crippen LogP contribution in [-0.2, 0) is 20.9 Å². The van der Waals surface area contributed by atoms with Gasteiger partial charge in [-0.05, 0) is 82.6 Å². The van der Waals surface area contributed by atoms with Crippen molar-refractivity contribution in [3.05, 3.63) is 53.5 Å². The third-order valence-corrected chi connectivity index (χ3v) is 8.05. The van der Waals surface area contributed by atoms with Crippen LogP contribution in [0.2, 0.25) is 0 Å². The van der Waals surface area contributed by atoms with Crippen LogP contribution in [0.3, 0.4) is 0 Å². The molecule has 2 saturated heterocycles. The van der Waals surface area contributed by atoms with Crippen LogP contribution >= 0.6 is 0 Å². The maximum absolute atomic E-state index is 13.9. The van der Waals surface area contributed by atoms with Crippen molar-refractivity contribution in [2.24, 2.45) is 11.1 Å². The van der Waals surface area contributed by atoms with Crippen molar-refractivity contribution in [3.8, 4) is 5.75 Å². The molecule has 3 aliphatic rings. The lowest BCUT2D eigenvalue weighted by Gasteiger charge is -2.45. The molecule has 0 bridgehead atoms. The third kappa shape index (κ3) is 7.18. The fraction of sp³-hybridized carbons (Fsp3) is 0.548. The Morgan fingerprint density at radius 1 is 1.14 bits per heavy atom. The first kappa shape index (κ1) is 29.8. The molecule has 0 radical (unpaired) electrons. The first-order valence-corrected chi connectivity index (χ1v) is 14.6. The number of nitrogens with zero attached hydrogens (tertiary/aromatic N) is 4. The Hall–Kier alpha value is -3.73. The zero-order chi connectivity index (χ0) is 29.9. The number of fused-ring (bicyclic) bond motifs is 1. The number of ether oxygens (including phenoxy) is 2. The Balaban J connectivity index is 1.11. The van der Waals surface area contributed by atoms with E-state index in [1.54, 1.807) is 12.3 Å². The molecule has 2 fully saturated rings. The molecule has 0 atom stereocenters. The summed E-state index contributed by atoms with van der Waals surface area (Å²) in [5.74, 6) is 0.921. The highest BCUT2D eigenvalue weighted by Gasteiger charge is 2.44. The molecule has 11 heteroatoms. The van der Waals surface area contributed by atoms with Gasteiger partial charge >= 0.3 is 6.09 Å². The molecular weight excluding hydrogens is 541 g/mol. The number of pyridine rings is 1. The number of aromatic nitrogens is 1. The highest BCUT2D eigenvalue weighted by molar-refractivity contribution is 6.04. The van der Waals surface area contributed by atoms with Crippen LogP contribution in [0.1, 0.15) is 64.0 Å². The predicted molar refractivity (Wildman–Crippen MR) is 156 cm³/mol. The minimum absolute atomic E-state index is 0.00118. The summed E-state index contributed by atoms with van der Waals surface area (Å²) in [5.41, 5.74) is 1.27. The number of carbonyl (C=O) groups excluding carboxylic acids is 2. The number of carbonyl (C=O) groups is 2. The summed E-state index contributed by atoms with van der Waals surface area (Å²) < 4.78 is 25.6. The van der Waals surface area contributed by atoms with Gasteiger partial charge in [0.1, 0.15) is 35.7 Å². The molecule has 1 spiro atoms. The topological polar surface area (TPSA) is 106 Å². The molecule has 3 aliphatic heterocycles. The van der Waals surface area contributed by atoms with Crippen molar-refractivity contribution < 1.29 is 28.3 Å². The molecule has 0 aliphatic carbocycles. The number of hydrogen-bond acceptors (Lipinski definition) is 8. The predicted octanol–water partition coefficient (Wildman–Crippen LogP) is 4.97. The van der Waals surface area contributed by atoms with E-state index < -0.39 is 17.3 Å². The lowest BCUT2D eigenvalue weighted by molar-refractivity contribution is -0.140. The number of hydrogen-bond donors (Lipinski definition) is 1. The molecule has 2 aromatic rings. The standard InChI is InChI=1S/C31H40FN5O5/c1-30(2,3)42-29(39)34-27-17-21(7-12-33-27)20-36-13-8-22(9-14-36)28(38)37-15-10-31(11-16-37)19-25(35-40-4)24-18-23(32)5-6-26(24)41-31/h5-7,12,17-18,22H,8-11,13-16,19-20H2,1-4H3,(H,33,34,39). The maximum atomic E-state index is 13.9. The van der Waals surface area contributed by atoms with Gasteiger partial charge in [0.05, 0.1) is 5.71 Å². The van der Waals surface area contributed by atoms with Gasteiger partial charge in [0.25, 0.3) is 0 Å². The van der Waals surface area contributed by atoms with Gasteiger partial charge in [0.2, 0.25) is 5.91 Å². The number of piperidine rings is 2. The SMILES string of the molecule is CON=C1CC2(CCN(C(=O)C3CCN(Cc4ccnc(NC(=O)OC(C)(C)C)c4)CC3)CC2)Oc2ccc(F)cc21. The average molecular weight is 582 g/mol. The molecule has 5 rings (SSSR count). The van der Waals surface area contributed by atoms with Crippen LogP contribution < -0.4 is 10.1 Å². The van der Waals surface area contributed by atoms with Crippen LogP contribution in [0, 0.1) is 11.7 Å². The number of rotatable bonds is 5. The van der Waals surface area contributed by atoms with Gasteiger partial charge in [-0.15, -0.1) is 0 Å². The molecule has 0 saturated carbocycles. The summed E-state index contributed by atoms with van der Waals surface area (Å²) in [6.07, 6.45) is 4.62. The minimum Gasteiger partial charge on any atom is -0.486 e. The number of anilines is 1. The zero-order valence-electron chi connectivity index (χ0n) is 24.8. The maximum Gasteiger partial charge on any atom is 0.413 e. The van der Waals surface area contributed by atoms with E-state index in [0.29, 0.717) is 61.7 Å². The monoisotopic (exact) mass is 581 g/mol. The molecule has 4 heterocycles. The van der Waals surface area contributed by atoms with E-state index in [9.17, 15) is 14.0 Å². The van der Waals surface area contributed by atoms with Crippen molar-refractivity contribution in [1.29, 1.82) is 0 Å². The summed E-state index contributed by atoms with van der Waals surface area (Å²) in [6, 6.07) is 8.26. The van der Waals surface area contributed by atoms with Crippen LogP contribution in [-0.4, -0.2) is 77.0 Å². The molecule has 0 unspecified atom stereocenters. The van der Waals surface area contributed by atoms with E-state index in [4.69, 9.17) is 14.3 Å². The Morgan fingerprint density at radius 2 is 1.88 bits per heavy atom. The summed E-state index contributed by atoms with van der Waals surface area (Å²) in [4.78, 5) is 39.1. The van der Waals surface area contributed by atoms with Crippen molar-refractivity contribution in [3.63, 3.8) is 0 Å². The van der Waals surface area contributed by atoms with Gasteiger partial charge in [-0.1, -0.05) is 5.16 Å². The van der Waals surface area contributed by atoms with E-state index >= 15 is 0 Å². The van der Waals surface area contributed by atoms with Gasteiger partial charge in [0, 0.05) is 56.6 Å². The smallest absolute Gasteiger partial charge is 0.413 e. The summed E-state index contributed by atoms with van der Waals surface area (Å²) in [6.45, 7) is 9.02. The van der Waals surface area contributed by atoms with E-state index in [1.165, 1.54) is 19.2 Å². The molecule has 1 N–H and O–H groups in total. The number of nitrogens with one attached hydrogen (secondary N) is 1. The van der Waals surface area contributed by atoms with Crippen molar-refractivity contribution in [2.75, 3.05) is 38.6 Å². The highest BCUT2D eigenvalue weighted by Crippen LogP contribution is 2.40. The minimum atomic E-state index is -0.584. The lowest BCUT2D eigenvalue weighted by Crippen LogP contribution is -2.54. The van der Waals surface area contributed by atoms with Crippen LogP contribution in [0.15, 0.2) is 41.7 Å². The fourth-order valence-corrected chi connectivity index (χ4v) is 6.00. The highest BCUT2D eigenvalue weighted by atomic mass is 19.1. The Kier molecular flexibility index (Phi) is 8.68. The van der Waals surface area contributed by atoms with Crippen molar-refractivity contribution in [1.82, 2.24) is 14.8 Å². The number of amides is 2. The van der Waals surface area contributed by atoms with Gasteiger partial charge in [0.15, 0.2) is 0 Å². The summed E-state index contributed by atoms with van der Waals surface area (Å²) >= 11 is 0. The molecule has 1 aromatic carbocycles. The van der Waals surface area contributed by atoms with Crippen molar-refractivity contribution >= 4 is 23.5 Å². The van der Waals surface area contributed by atoms with Gasteiger partial charge in [-0.3, -0.25) is 15.0 Å². The third-order valence-electron chi connectivity index (χ3n) is 8.05. The number of likely N-dealkylation sites (tertiary alicyclic amines) is 2. The number of oxime groups is 1. The normalized spacial score (nSPS) is 20.1. The molecule has 1 aromatic heterocycles. The Bertz CT molecular complexity index is 1330. The second-order valence-electron chi connectivity index (χ2n) is 12.4. The van der Waals surface area contributed by atoms with E-state index in [-0.39, 0.29) is 17.6 Å². The van der Waals surface area contributed by atoms with E-state index in [1.807, 2.05) is 37.8 Å². The Morgan fingerprint density at radius 3 is 2.57 bits per heavy atom. The van der Waals surface area contributed by atoms with E-state index in [0.717, 1.165) is 31.5 Å². The van der Waals surface area contributed by atoms with Crippen molar-refractivity contribution in [2.45, 2.75) is 70.6 Å². The zero-order valence-corrected chi connectivity index (χ0v) is 24.8. The lowest BCUT2D eigenvalue weighted by atomic mass is 9.81. The second kappa shape index (κ2) is 12.2. The largest absolute Gasteiger partial charge is 0.486 e. The molecule has 10 nitrogen and oxygen atoms in total. The first-order chi connectivity index (χ1) is 20.0. The fourth-order valence-electron chi connectivity index (χ4n) is 6.00. The second-order valence-corrected chi connectivity index (χ2v) is 12.4.